The summed E-state index contributed by atoms with van der Waals surface area (Å²) < 4.78 is 27.3. The van der Waals surface area contributed by atoms with E-state index in [9.17, 15) is 8.42 Å². The van der Waals surface area contributed by atoms with Crippen LogP contribution in [0.15, 0.2) is 45.9 Å². The molecule has 0 atom stereocenters. The highest BCUT2D eigenvalue weighted by atomic mass is 79.9. The normalized spacial score (nSPS) is 11.3. The molecule has 0 aliphatic heterocycles. The second-order valence-electron chi connectivity index (χ2n) is 3.66. The van der Waals surface area contributed by atoms with Gasteiger partial charge in [0, 0.05) is 16.4 Å². The average Bonchev–Trinajstić information content (AvgIpc) is 2.31. The first-order valence-corrected chi connectivity index (χ1v) is 7.73. The van der Waals surface area contributed by atoms with E-state index in [2.05, 4.69) is 25.6 Å². The molecule has 100 valence electrons. The summed E-state index contributed by atoms with van der Waals surface area (Å²) in [5.74, 6) is 0.205. The molecule has 0 fully saturated rings. The number of rotatable bonds is 3. The molecule has 1 aromatic heterocycles. The smallest absolute Gasteiger partial charge is 0.264 e. The summed E-state index contributed by atoms with van der Waals surface area (Å²) in [4.78, 5) is 3.88. The van der Waals surface area contributed by atoms with E-state index < -0.39 is 10.0 Å². The third-order valence-corrected chi connectivity index (χ3v) is 4.52. The summed E-state index contributed by atoms with van der Waals surface area (Å²) >= 11 is 9.09. The molecular weight excluding hydrogens is 354 g/mol. The van der Waals surface area contributed by atoms with Crippen molar-refractivity contribution in [1.29, 1.82) is 0 Å². The molecule has 1 heterocycles. The van der Waals surface area contributed by atoms with Crippen LogP contribution in [0.2, 0.25) is 5.02 Å². The molecular formula is C11H9BrClN3O2S. The fraction of sp³-hybridized carbons (Fsp3) is 0. The van der Waals surface area contributed by atoms with Crippen molar-refractivity contribution in [2.45, 2.75) is 4.90 Å². The van der Waals surface area contributed by atoms with Crippen molar-refractivity contribution in [3.8, 4) is 0 Å². The molecule has 8 heteroatoms. The van der Waals surface area contributed by atoms with Crippen LogP contribution < -0.4 is 10.5 Å². The molecule has 1 aromatic carbocycles. The number of nitrogens with two attached hydrogens (primary N) is 1. The van der Waals surface area contributed by atoms with Crippen LogP contribution in [0.4, 0.5) is 11.5 Å². The molecule has 0 aliphatic rings. The zero-order valence-corrected chi connectivity index (χ0v) is 12.6. The first-order chi connectivity index (χ1) is 8.88. The highest BCUT2D eigenvalue weighted by Crippen LogP contribution is 2.25. The fourth-order valence-electron chi connectivity index (χ4n) is 1.36. The molecule has 0 amide bonds. The number of nitrogen functional groups attached to an aromatic ring is 1. The van der Waals surface area contributed by atoms with Gasteiger partial charge in [-0.2, -0.15) is 0 Å². The lowest BCUT2D eigenvalue weighted by Crippen LogP contribution is -2.14. The second-order valence-corrected chi connectivity index (χ2v) is 6.63. The number of benzene rings is 1. The third kappa shape index (κ3) is 3.37. The topological polar surface area (TPSA) is 85.1 Å². The number of hydrogen-bond acceptors (Lipinski definition) is 4. The van der Waals surface area contributed by atoms with Crippen LogP contribution in [0.1, 0.15) is 0 Å². The number of aromatic nitrogens is 1. The predicted octanol–water partition coefficient (Wildman–Crippen LogP) is 2.88. The van der Waals surface area contributed by atoms with E-state index in [1.807, 2.05) is 0 Å². The maximum Gasteiger partial charge on any atom is 0.264 e. The fourth-order valence-corrected chi connectivity index (χ4v) is 3.16. The van der Waals surface area contributed by atoms with E-state index in [-0.39, 0.29) is 15.7 Å². The number of nitrogens with zero attached hydrogens (tertiary/aromatic N) is 1. The highest BCUT2D eigenvalue weighted by molar-refractivity contribution is 9.10. The summed E-state index contributed by atoms with van der Waals surface area (Å²) in [6.07, 6.45) is 1.49. The standard InChI is InChI=1S/C11H9BrClN3O2S/c12-7-1-4-11(15-6-7)16-19(17,18)10-3-2-8(14)5-9(10)13/h1-6H,14H2,(H,15,16). The first kappa shape index (κ1) is 14.1. The van der Waals surface area contributed by atoms with Gasteiger partial charge in [0.15, 0.2) is 0 Å². The minimum absolute atomic E-state index is 0.0481. The van der Waals surface area contributed by atoms with Crippen molar-refractivity contribution in [1.82, 2.24) is 4.98 Å². The van der Waals surface area contributed by atoms with Gasteiger partial charge < -0.3 is 5.73 Å². The summed E-state index contributed by atoms with van der Waals surface area (Å²) in [5.41, 5.74) is 5.92. The zero-order valence-electron chi connectivity index (χ0n) is 9.47. The van der Waals surface area contributed by atoms with Gasteiger partial charge in [0.05, 0.1) is 5.02 Å². The lowest BCUT2D eigenvalue weighted by Gasteiger charge is -2.09. The van der Waals surface area contributed by atoms with E-state index in [1.54, 1.807) is 6.07 Å². The SMILES string of the molecule is Nc1ccc(S(=O)(=O)Nc2ccc(Br)cn2)c(Cl)c1. The maximum absolute atomic E-state index is 12.1. The van der Waals surface area contributed by atoms with Gasteiger partial charge in [-0.1, -0.05) is 11.6 Å². The number of halogens is 2. The Morgan fingerprint density at radius 1 is 1.26 bits per heavy atom. The number of pyridine rings is 1. The van der Waals surface area contributed by atoms with E-state index in [1.165, 1.54) is 30.5 Å². The van der Waals surface area contributed by atoms with E-state index in [0.717, 1.165) is 4.47 Å². The Balaban J connectivity index is 2.35. The monoisotopic (exact) mass is 361 g/mol. The summed E-state index contributed by atoms with van der Waals surface area (Å²) in [6, 6.07) is 7.40. The quantitative estimate of drug-likeness (QED) is 0.822. The van der Waals surface area contributed by atoms with Crippen LogP contribution in [-0.4, -0.2) is 13.4 Å². The molecule has 0 radical (unpaired) electrons. The number of sulfonamides is 1. The first-order valence-electron chi connectivity index (χ1n) is 5.08. The zero-order chi connectivity index (χ0) is 14.0. The molecule has 2 aromatic rings. The minimum Gasteiger partial charge on any atom is -0.399 e. The molecule has 0 saturated heterocycles. The van der Waals surface area contributed by atoms with Gasteiger partial charge in [-0.25, -0.2) is 13.4 Å². The Kier molecular flexibility index (Phi) is 3.98. The molecule has 0 saturated carbocycles. The molecule has 2 rings (SSSR count). The van der Waals surface area contributed by atoms with Crippen molar-refractivity contribution >= 4 is 49.1 Å². The van der Waals surface area contributed by atoms with Gasteiger partial charge in [0.1, 0.15) is 10.7 Å². The Morgan fingerprint density at radius 2 is 2.00 bits per heavy atom. The van der Waals surface area contributed by atoms with Crippen LogP contribution in [0.3, 0.4) is 0 Å². The largest absolute Gasteiger partial charge is 0.399 e. The van der Waals surface area contributed by atoms with Crippen LogP contribution in [0.5, 0.6) is 0 Å². The van der Waals surface area contributed by atoms with Crippen molar-refractivity contribution in [3.63, 3.8) is 0 Å². The van der Waals surface area contributed by atoms with Gasteiger partial charge >= 0.3 is 0 Å². The predicted molar refractivity (Wildman–Crippen MR) is 78.6 cm³/mol. The third-order valence-electron chi connectivity index (χ3n) is 2.21. The van der Waals surface area contributed by atoms with Crippen molar-refractivity contribution in [3.05, 3.63) is 46.0 Å². The van der Waals surface area contributed by atoms with Crippen molar-refractivity contribution < 1.29 is 8.42 Å². The highest BCUT2D eigenvalue weighted by Gasteiger charge is 2.18. The molecule has 19 heavy (non-hydrogen) atoms. The Morgan fingerprint density at radius 3 is 2.58 bits per heavy atom. The second kappa shape index (κ2) is 5.36. The van der Waals surface area contributed by atoms with Gasteiger partial charge in [-0.15, -0.1) is 0 Å². The van der Waals surface area contributed by atoms with Crippen molar-refractivity contribution in [2.24, 2.45) is 0 Å². The van der Waals surface area contributed by atoms with Crippen LogP contribution in [0, 0.1) is 0 Å². The average molecular weight is 363 g/mol. The number of anilines is 2. The van der Waals surface area contributed by atoms with E-state index >= 15 is 0 Å². The van der Waals surface area contributed by atoms with Gasteiger partial charge in [0.25, 0.3) is 10.0 Å². The summed E-state index contributed by atoms with van der Waals surface area (Å²) in [7, 11) is -3.79. The Bertz CT molecular complexity index is 704. The lowest BCUT2D eigenvalue weighted by molar-refractivity contribution is 0.601. The molecule has 0 unspecified atom stereocenters. The Labute approximate surface area is 124 Å². The lowest BCUT2D eigenvalue weighted by atomic mass is 10.3. The van der Waals surface area contributed by atoms with Crippen LogP contribution in [-0.2, 0) is 10.0 Å². The molecule has 0 spiro atoms. The number of hydrogen-bond donors (Lipinski definition) is 2. The van der Waals surface area contributed by atoms with Crippen LogP contribution in [0.25, 0.3) is 0 Å². The van der Waals surface area contributed by atoms with Gasteiger partial charge in [-0.05, 0) is 46.3 Å². The van der Waals surface area contributed by atoms with Crippen molar-refractivity contribution in [2.75, 3.05) is 10.5 Å². The summed E-state index contributed by atoms with van der Waals surface area (Å²) in [6.45, 7) is 0. The molecule has 0 bridgehead atoms. The molecule has 3 N–H and O–H groups in total. The maximum atomic E-state index is 12.1. The minimum atomic E-state index is -3.79. The molecule has 0 aliphatic carbocycles. The van der Waals surface area contributed by atoms with Gasteiger partial charge in [-0.3, -0.25) is 4.72 Å². The van der Waals surface area contributed by atoms with E-state index in [0.29, 0.717) is 5.69 Å². The number of nitrogens with one attached hydrogen (secondary N) is 1. The Hall–Kier alpha value is -1.31. The van der Waals surface area contributed by atoms with E-state index in [4.69, 9.17) is 17.3 Å². The van der Waals surface area contributed by atoms with Crippen LogP contribution >= 0.6 is 27.5 Å². The molecule has 5 nitrogen and oxygen atoms in total. The summed E-state index contributed by atoms with van der Waals surface area (Å²) in [5, 5.41) is 0.0598. The van der Waals surface area contributed by atoms with Gasteiger partial charge in [0.2, 0.25) is 0 Å².